The summed E-state index contributed by atoms with van der Waals surface area (Å²) in [5, 5.41) is 19.3. The maximum atomic E-state index is 12.9. The summed E-state index contributed by atoms with van der Waals surface area (Å²) >= 11 is 0. The third kappa shape index (κ3) is 2.11. The van der Waals surface area contributed by atoms with Gasteiger partial charge in [-0.15, -0.1) is 0 Å². The van der Waals surface area contributed by atoms with Gasteiger partial charge in [0.25, 0.3) is 0 Å². The topological polar surface area (TPSA) is 66.8 Å². The normalized spacial score (nSPS) is 21.1. The molecule has 0 radical (unpaired) electrons. The van der Waals surface area contributed by atoms with Gasteiger partial charge in [-0.2, -0.15) is 0 Å². The number of halogens is 1. The Hall–Kier alpha value is -2.82. The predicted octanol–water partition coefficient (Wildman–Crippen LogP) is 3.59. The highest BCUT2D eigenvalue weighted by molar-refractivity contribution is 5.90. The summed E-state index contributed by atoms with van der Waals surface area (Å²) < 4.78 is 18.0. The van der Waals surface area contributed by atoms with Crippen LogP contribution in [0.1, 0.15) is 12.5 Å². The average molecular weight is 300 g/mol. The van der Waals surface area contributed by atoms with Crippen LogP contribution in [0, 0.1) is 5.82 Å². The van der Waals surface area contributed by atoms with Crippen LogP contribution >= 0.6 is 0 Å². The highest BCUT2D eigenvalue weighted by Gasteiger charge is 2.46. The van der Waals surface area contributed by atoms with Crippen LogP contribution in [0.15, 0.2) is 60.0 Å². The van der Waals surface area contributed by atoms with Crippen molar-refractivity contribution in [1.82, 2.24) is 0 Å². The molecule has 1 aliphatic rings. The zero-order valence-corrected chi connectivity index (χ0v) is 11.7. The lowest BCUT2D eigenvalue weighted by Crippen LogP contribution is -2.25. The maximum Gasteiger partial charge on any atom is 0.378 e. The Kier molecular flexibility index (Phi) is 3.13. The summed E-state index contributed by atoms with van der Waals surface area (Å²) in [7, 11) is 0. The molecule has 2 aromatic rings. The lowest BCUT2D eigenvalue weighted by molar-refractivity contribution is -0.149. The lowest BCUT2D eigenvalue weighted by atomic mass is 9.92. The Labute approximate surface area is 126 Å². The summed E-state index contributed by atoms with van der Waals surface area (Å²) in [6, 6.07) is 13.0. The zero-order chi connectivity index (χ0) is 15.9. The molecule has 3 rings (SSSR count). The van der Waals surface area contributed by atoms with E-state index < -0.39 is 23.1 Å². The first-order chi connectivity index (χ1) is 10.4. The Morgan fingerprint density at radius 3 is 1.91 bits per heavy atom. The molecule has 1 aliphatic heterocycles. The van der Waals surface area contributed by atoms with E-state index in [9.17, 15) is 19.4 Å². The first kappa shape index (κ1) is 14.1. The zero-order valence-electron chi connectivity index (χ0n) is 11.7. The number of ether oxygens (including phenoxy) is 1. The van der Waals surface area contributed by atoms with Crippen molar-refractivity contribution in [3.8, 4) is 11.1 Å². The van der Waals surface area contributed by atoms with Gasteiger partial charge in [0.15, 0.2) is 11.4 Å². The van der Waals surface area contributed by atoms with Crippen molar-refractivity contribution in [2.75, 3.05) is 0 Å². The number of hydrogen-bond acceptors (Lipinski definition) is 4. The molecule has 112 valence electrons. The number of cyclic esters (lactones) is 1. The molecule has 2 N–H and O–H groups in total. The Bertz CT molecular complexity index is 762. The number of benzene rings is 2. The van der Waals surface area contributed by atoms with Crippen LogP contribution in [0.2, 0.25) is 0 Å². The number of carbonyl (C=O) groups excluding carboxylic acids is 1. The van der Waals surface area contributed by atoms with Crippen molar-refractivity contribution in [1.29, 1.82) is 0 Å². The molecule has 2 aromatic carbocycles. The third-order valence-corrected chi connectivity index (χ3v) is 3.78. The smallest absolute Gasteiger partial charge is 0.378 e. The van der Waals surface area contributed by atoms with Gasteiger partial charge in [0, 0.05) is 5.56 Å². The molecule has 0 spiro atoms. The van der Waals surface area contributed by atoms with E-state index in [0.717, 1.165) is 11.1 Å². The Morgan fingerprint density at radius 1 is 0.955 bits per heavy atom. The van der Waals surface area contributed by atoms with E-state index in [1.165, 1.54) is 19.1 Å². The van der Waals surface area contributed by atoms with Gasteiger partial charge in [-0.3, -0.25) is 0 Å². The first-order valence-corrected chi connectivity index (χ1v) is 6.64. The van der Waals surface area contributed by atoms with E-state index in [1.807, 2.05) is 0 Å². The second-order valence-corrected chi connectivity index (χ2v) is 5.20. The van der Waals surface area contributed by atoms with E-state index in [4.69, 9.17) is 4.74 Å². The molecule has 0 saturated heterocycles. The number of rotatable bonds is 2. The molecular formula is C17H13FO4. The minimum Gasteiger partial charge on any atom is -0.505 e. The highest BCUT2D eigenvalue weighted by atomic mass is 19.1. The fourth-order valence-corrected chi connectivity index (χ4v) is 2.42. The second-order valence-electron chi connectivity index (χ2n) is 5.20. The minimum atomic E-state index is -1.40. The fraction of sp³-hybridized carbons (Fsp3) is 0.118. The molecule has 1 unspecified atom stereocenters. The van der Waals surface area contributed by atoms with Gasteiger partial charge in [0.2, 0.25) is 5.76 Å². The quantitative estimate of drug-likeness (QED) is 0.832. The van der Waals surface area contributed by atoms with E-state index in [-0.39, 0.29) is 5.82 Å². The molecule has 5 heteroatoms. The van der Waals surface area contributed by atoms with Crippen molar-refractivity contribution >= 4 is 5.97 Å². The van der Waals surface area contributed by atoms with Crippen molar-refractivity contribution < 1.29 is 24.1 Å². The molecule has 0 fully saturated rings. The third-order valence-electron chi connectivity index (χ3n) is 3.78. The van der Waals surface area contributed by atoms with Crippen LogP contribution in [0.25, 0.3) is 11.1 Å². The van der Waals surface area contributed by atoms with Crippen molar-refractivity contribution in [2.45, 2.75) is 12.5 Å². The van der Waals surface area contributed by atoms with Gasteiger partial charge in [0.05, 0.1) is 0 Å². The second kappa shape index (κ2) is 4.87. The number of esters is 1. The van der Waals surface area contributed by atoms with Crippen molar-refractivity contribution in [3.63, 3.8) is 0 Å². The van der Waals surface area contributed by atoms with Crippen molar-refractivity contribution in [3.05, 3.63) is 71.4 Å². The minimum absolute atomic E-state index is 0.309. The Morgan fingerprint density at radius 2 is 1.45 bits per heavy atom. The van der Waals surface area contributed by atoms with E-state index >= 15 is 0 Å². The van der Waals surface area contributed by atoms with Crippen LogP contribution < -0.4 is 0 Å². The molecule has 22 heavy (non-hydrogen) atoms. The number of hydrogen-bond donors (Lipinski definition) is 2. The molecule has 1 atom stereocenters. The van der Waals surface area contributed by atoms with Crippen LogP contribution in [-0.4, -0.2) is 16.2 Å². The molecule has 0 aromatic heterocycles. The molecule has 4 nitrogen and oxygen atoms in total. The Balaban J connectivity index is 1.95. The standard InChI is InChI=1S/C17H13FO4/c1-17(15(20)14(19)16(21)22-17)12-6-2-10(3-7-12)11-4-8-13(18)9-5-11/h2-9,19-20H,1H3. The molecule has 0 aliphatic carbocycles. The first-order valence-electron chi connectivity index (χ1n) is 6.64. The van der Waals surface area contributed by atoms with Gasteiger partial charge < -0.3 is 14.9 Å². The summed E-state index contributed by atoms with van der Waals surface area (Å²) in [5.74, 6) is -2.55. The van der Waals surface area contributed by atoms with Crippen LogP contribution in [-0.2, 0) is 15.1 Å². The van der Waals surface area contributed by atoms with Gasteiger partial charge in [0.1, 0.15) is 5.82 Å². The highest BCUT2D eigenvalue weighted by Crippen LogP contribution is 2.39. The predicted molar refractivity (Wildman–Crippen MR) is 77.6 cm³/mol. The molecule has 0 saturated carbocycles. The average Bonchev–Trinajstić information content (AvgIpc) is 2.73. The van der Waals surface area contributed by atoms with Gasteiger partial charge in [-0.25, -0.2) is 9.18 Å². The molecule has 1 heterocycles. The van der Waals surface area contributed by atoms with Crippen LogP contribution in [0.5, 0.6) is 0 Å². The monoisotopic (exact) mass is 300 g/mol. The molecule has 0 amide bonds. The fourth-order valence-electron chi connectivity index (χ4n) is 2.42. The van der Waals surface area contributed by atoms with Crippen molar-refractivity contribution in [2.24, 2.45) is 0 Å². The SMILES string of the molecule is CC1(c2ccc(-c3ccc(F)cc3)cc2)OC(=O)C(O)=C1O. The maximum absolute atomic E-state index is 12.9. The van der Waals surface area contributed by atoms with Crippen LogP contribution in [0.4, 0.5) is 4.39 Å². The number of aliphatic hydroxyl groups excluding tert-OH is 2. The van der Waals surface area contributed by atoms with E-state index in [2.05, 4.69) is 0 Å². The largest absolute Gasteiger partial charge is 0.505 e. The van der Waals surface area contributed by atoms with Gasteiger partial charge in [-0.05, 0) is 30.2 Å². The lowest BCUT2D eigenvalue weighted by Gasteiger charge is -2.23. The van der Waals surface area contributed by atoms with E-state index in [1.54, 1.807) is 36.4 Å². The van der Waals surface area contributed by atoms with E-state index in [0.29, 0.717) is 5.56 Å². The van der Waals surface area contributed by atoms with Gasteiger partial charge >= 0.3 is 5.97 Å². The summed E-state index contributed by atoms with van der Waals surface area (Å²) in [6.07, 6.45) is 0. The summed E-state index contributed by atoms with van der Waals surface area (Å²) in [6.45, 7) is 1.50. The molecule has 0 bridgehead atoms. The molecular weight excluding hydrogens is 287 g/mol. The summed E-state index contributed by atoms with van der Waals surface area (Å²) in [4.78, 5) is 11.4. The van der Waals surface area contributed by atoms with Crippen LogP contribution in [0.3, 0.4) is 0 Å². The summed E-state index contributed by atoms with van der Waals surface area (Å²) in [5.41, 5.74) is 0.810. The number of carbonyl (C=O) groups is 1. The van der Waals surface area contributed by atoms with Gasteiger partial charge in [-0.1, -0.05) is 36.4 Å². The number of aliphatic hydroxyl groups is 2.